The number of nitrogens with one attached hydrogen (secondary N) is 1. The van der Waals surface area contributed by atoms with Gasteiger partial charge in [-0.05, 0) is 32.4 Å². The van der Waals surface area contributed by atoms with Gasteiger partial charge < -0.3 is 5.73 Å². The zero-order valence-corrected chi connectivity index (χ0v) is 11.1. The maximum Gasteiger partial charge on any atom is 0.212 e. The van der Waals surface area contributed by atoms with E-state index in [1.807, 2.05) is 38.1 Å². The van der Waals surface area contributed by atoms with E-state index in [0.717, 1.165) is 11.1 Å². The Morgan fingerprint density at radius 1 is 1.29 bits per heavy atom. The summed E-state index contributed by atoms with van der Waals surface area (Å²) in [6.45, 7) is 4.23. The van der Waals surface area contributed by atoms with Crippen molar-refractivity contribution in [3.63, 3.8) is 0 Å². The summed E-state index contributed by atoms with van der Waals surface area (Å²) in [4.78, 5) is 0. The molecule has 5 heteroatoms. The lowest BCUT2D eigenvalue weighted by atomic mass is 10.1. The highest BCUT2D eigenvalue weighted by Crippen LogP contribution is 2.14. The highest BCUT2D eigenvalue weighted by atomic mass is 32.2. The van der Waals surface area contributed by atoms with Gasteiger partial charge in [0.05, 0.1) is 5.75 Å². The first kappa shape index (κ1) is 14.2. The zero-order valence-electron chi connectivity index (χ0n) is 10.3. The van der Waals surface area contributed by atoms with E-state index in [0.29, 0.717) is 13.0 Å². The smallest absolute Gasteiger partial charge is 0.212 e. The summed E-state index contributed by atoms with van der Waals surface area (Å²) in [5.74, 6) is 0.0830. The number of hydrogen-bond acceptors (Lipinski definition) is 3. The Morgan fingerprint density at radius 3 is 2.41 bits per heavy atom. The molecule has 0 aliphatic heterocycles. The van der Waals surface area contributed by atoms with Gasteiger partial charge in [0.25, 0.3) is 0 Å². The summed E-state index contributed by atoms with van der Waals surface area (Å²) >= 11 is 0. The van der Waals surface area contributed by atoms with Crippen molar-refractivity contribution in [1.82, 2.24) is 4.72 Å². The van der Waals surface area contributed by atoms with Crippen molar-refractivity contribution in [2.24, 2.45) is 5.73 Å². The van der Waals surface area contributed by atoms with E-state index in [2.05, 4.69) is 4.72 Å². The van der Waals surface area contributed by atoms with Crippen LogP contribution in [-0.2, 0) is 10.0 Å². The number of aryl methyl sites for hydroxylation is 1. The van der Waals surface area contributed by atoms with Crippen LogP contribution in [0.25, 0.3) is 0 Å². The number of nitrogens with two attached hydrogens (primary N) is 1. The molecule has 0 bridgehead atoms. The van der Waals surface area contributed by atoms with Crippen LogP contribution in [-0.4, -0.2) is 20.7 Å². The fourth-order valence-electron chi connectivity index (χ4n) is 1.52. The first-order chi connectivity index (χ1) is 7.94. The molecule has 0 aliphatic carbocycles. The molecule has 0 radical (unpaired) electrons. The number of benzene rings is 1. The lowest BCUT2D eigenvalue weighted by Crippen LogP contribution is -2.29. The monoisotopic (exact) mass is 256 g/mol. The lowest BCUT2D eigenvalue weighted by molar-refractivity contribution is 0.564. The predicted octanol–water partition coefficient (Wildman–Crippen LogP) is 1.32. The van der Waals surface area contributed by atoms with Gasteiger partial charge in [0.15, 0.2) is 0 Å². The maximum absolute atomic E-state index is 11.7. The van der Waals surface area contributed by atoms with E-state index >= 15 is 0 Å². The largest absolute Gasteiger partial charge is 0.330 e. The number of sulfonamides is 1. The molecule has 0 amide bonds. The van der Waals surface area contributed by atoms with Crippen molar-refractivity contribution in [3.05, 3.63) is 35.4 Å². The summed E-state index contributed by atoms with van der Waals surface area (Å²) in [5.41, 5.74) is 7.43. The summed E-state index contributed by atoms with van der Waals surface area (Å²) in [6, 6.07) is 7.61. The van der Waals surface area contributed by atoms with E-state index in [1.165, 1.54) is 0 Å². The molecule has 0 saturated heterocycles. The van der Waals surface area contributed by atoms with Crippen LogP contribution in [0.4, 0.5) is 0 Å². The average molecular weight is 256 g/mol. The van der Waals surface area contributed by atoms with Gasteiger partial charge in [0.2, 0.25) is 10.0 Å². The minimum absolute atomic E-state index is 0.0830. The Morgan fingerprint density at radius 2 is 1.88 bits per heavy atom. The van der Waals surface area contributed by atoms with Gasteiger partial charge in [0, 0.05) is 6.04 Å². The van der Waals surface area contributed by atoms with Crippen molar-refractivity contribution in [1.29, 1.82) is 0 Å². The molecule has 1 unspecified atom stereocenters. The van der Waals surface area contributed by atoms with Crippen LogP contribution < -0.4 is 10.5 Å². The van der Waals surface area contributed by atoms with Gasteiger partial charge in [-0.3, -0.25) is 0 Å². The third-order valence-corrected chi connectivity index (χ3v) is 4.09. The maximum atomic E-state index is 11.7. The van der Waals surface area contributed by atoms with Crippen molar-refractivity contribution in [3.8, 4) is 0 Å². The van der Waals surface area contributed by atoms with Gasteiger partial charge >= 0.3 is 0 Å². The second kappa shape index (κ2) is 6.14. The standard InChI is InChI=1S/C12H20N2O2S/c1-10-4-6-12(7-5-10)11(2)14-17(15,16)9-3-8-13/h4-7,11,14H,3,8-9,13H2,1-2H3. The lowest BCUT2D eigenvalue weighted by Gasteiger charge is -2.14. The molecule has 0 aromatic heterocycles. The predicted molar refractivity (Wildman–Crippen MR) is 70.2 cm³/mol. The fraction of sp³-hybridized carbons (Fsp3) is 0.500. The average Bonchev–Trinajstić information content (AvgIpc) is 2.26. The van der Waals surface area contributed by atoms with Crippen LogP contribution >= 0.6 is 0 Å². The molecule has 0 saturated carbocycles. The Balaban J connectivity index is 2.65. The van der Waals surface area contributed by atoms with Crippen LogP contribution in [0.3, 0.4) is 0 Å². The third kappa shape index (κ3) is 4.85. The van der Waals surface area contributed by atoms with Crippen LogP contribution in [0.1, 0.15) is 30.5 Å². The Labute approximate surface area is 103 Å². The van der Waals surface area contributed by atoms with Gasteiger partial charge in [-0.15, -0.1) is 0 Å². The molecule has 0 aliphatic rings. The molecule has 1 rings (SSSR count). The van der Waals surface area contributed by atoms with Gasteiger partial charge in [-0.1, -0.05) is 29.8 Å². The summed E-state index contributed by atoms with van der Waals surface area (Å²) in [7, 11) is -3.23. The topological polar surface area (TPSA) is 72.2 Å². The third-order valence-electron chi connectivity index (χ3n) is 2.55. The Hall–Kier alpha value is -0.910. The quantitative estimate of drug-likeness (QED) is 0.806. The summed E-state index contributed by atoms with van der Waals surface area (Å²) in [5, 5.41) is 0. The molecule has 0 spiro atoms. The molecule has 96 valence electrons. The van der Waals surface area contributed by atoms with E-state index in [9.17, 15) is 8.42 Å². The number of rotatable bonds is 6. The fourth-order valence-corrected chi connectivity index (χ4v) is 2.86. The molecule has 3 N–H and O–H groups in total. The van der Waals surface area contributed by atoms with E-state index < -0.39 is 10.0 Å². The van der Waals surface area contributed by atoms with Crippen LogP contribution in [0.15, 0.2) is 24.3 Å². The minimum Gasteiger partial charge on any atom is -0.330 e. The van der Waals surface area contributed by atoms with E-state index in [4.69, 9.17) is 5.73 Å². The zero-order chi connectivity index (χ0) is 12.9. The minimum atomic E-state index is -3.23. The summed E-state index contributed by atoms with van der Waals surface area (Å²) < 4.78 is 26.0. The molecular formula is C12H20N2O2S. The second-order valence-corrected chi connectivity index (χ2v) is 6.08. The Kier molecular flexibility index (Phi) is 5.11. The molecule has 1 aromatic carbocycles. The summed E-state index contributed by atoms with van der Waals surface area (Å²) in [6.07, 6.45) is 0.482. The first-order valence-electron chi connectivity index (χ1n) is 5.71. The molecule has 17 heavy (non-hydrogen) atoms. The van der Waals surface area contributed by atoms with Gasteiger partial charge in [0.1, 0.15) is 0 Å². The van der Waals surface area contributed by atoms with Crippen molar-refractivity contribution in [2.45, 2.75) is 26.3 Å². The van der Waals surface area contributed by atoms with Crippen molar-refractivity contribution < 1.29 is 8.42 Å². The van der Waals surface area contributed by atoms with E-state index in [-0.39, 0.29) is 11.8 Å². The van der Waals surface area contributed by atoms with Gasteiger partial charge in [-0.2, -0.15) is 0 Å². The van der Waals surface area contributed by atoms with Gasteiger partial charge in [-0.25, -0.2) is 13.1 Å². The van der Waals surface area contributed by atoms with Crippen molar-refractivity contribution >= 4 is 10.0 Å². The molecule has 0 heterocycles. The van der Waals surface area contributed by atoms with Crippen LogP contribution in [0.2, 0.25) is 0 Å². The Bertz CT molecular complexity index is 440. The highest BCUT2D eigenvalue weighted by Gasteiger charge is 2.14. The van der Waals surface area contributed by atoms with Crippen molar-refractivity contribution in [2.75, 3.05) is 12.3 Å². The highest BCUT2D eigenvalue weighted by molar-refractivity contribution is 7.89. The first-order valence-corrected chi connectivity index (χ1v) is 7.36. The molecule has 1 atom stereocenters. The molecular weight excluding hydrogens is 236 g/mol. The number of hydrogen-bond donors (Lipinski definition) is 2. The van der Waals surface area contributed by atoms with Crippen LogP contribution in [0.5, 0.6) is 0 Å². The normalized spacial score (nSPS) is 13.6. The molecule has 4 nitrogen and oxygen atoms in total. The SMILES string of the molecule is Cc1ccc(C(C)NS(=O)(=O)CCCN)cc1. The van der Waals surface area contributed by atoms with E-state index in [1.54, 1.807) is 0 Å². The van der Waals surface area contributed by atoms with Crippen LogP contribution in [0, 0.1) is 6.92 Å². The molecule has 0 fully saturated rings. The second-order valence-electron chi connectivity index (χ2n) is 4.21. The molecule has 1 aromatic rings.